The Morgan fingerprint density at radius 1 is 0.944 bits per heavy atom. The number of benzene rings is 3. The molecule has 1 saturated heterocycles. The first-order valence-electron chi connectivity index (χ1n) is 12.2. The van der Waals surface area contributed by atoms with Crippen LogP contribution in [0.5, 0.6) is 0 Å². The summed E-state index contributed by atoms with van der Waals surface area (Å²) in [5, 5.41) is 2.59. The van der Waals surface area contributed by atoms with Gasteiger partial charge in [0.25, 0.3) is 5.56 Å². The van der Waals surface area contributed by atoms with E-state index in [9.17, 15) is 4.79 Å². The van der Waals surface area contributed by atoms with Gasteiger partial charge in [-0.25, -0.2) is 4.98 Å². The molecule has 182 valence electrons. The number of piperidine rings is 1. The maximum Gasteiger partial charge on any atom is 0.272 e. The molecule has 4 nitrogen and oxygen atoms in total. The van der Waals surface area contributed by atoms with E-state index in [2.05, 4.69) is 47.4 Å². The number of hydrogen-bond acceptors (Lipinski definition) is 5. The zero-order valence-electron chi connectivity index (χ0n) is 19.8. The Balaban J connectivity index is 1.34. The minimum Gasteiger partial charge on any atom is -0.299 e. The Labute approximate surface area is 223 Å². The van der Waals surface area contributed by atoms with Crippen LogP contribution < -0.4 is 5.56 Å². The summed E-state index contributed by atoms with van der Waals surface area (Å²) in [5.74, 6) is 0.673. The predicted octanol–water partition coefficient (Wildman–Crippen LogP) is 7.39. The van der Waals surface area contributed by atoms with E-state index in [0.29, 0.717) is 5.75 Å². The molecule has 3 heterocycles. The van der Waals surface area contributed by atoms with Crippen LogP contribution in [0.25, 0.3) is 20.3 Å². The summed E-state index contributed by atoms with van der Waals surface area (Å²) in [4.78, 5) is 21.5. The molecule has 0 saturated carbocycles. The number of likely N-dealkylation sites (tertiary alicyclic amines) is 1. The smallest absolute Gasteiger partial charge is 0.272 e. The summed E-state index contributed by atoms with van der Waals surface area (Å²) >= 11 is 9.61. The van der Waals surface area contributed by atoms with Gasteiger partial charge >= 0.3 is 0 Å². The fraction of sp³-hybridized carbons (Fsp3) is 0.241. The highest BCUT2D eigenvalue weighted by molar-refractivity contribution is 7.98. The van der Waals surface area contributed by atoms with Gasteiger partial charge in [0.2, 0.25) is 0 Å². The van der Waals surface area contributed by atoms with Crippen molar-refractivity contribution in [1.29, 1.82) is 0 Å². The Bertz CT molecular complexity index is 1570. The Kier molecular flexibility index (Phi) is 6.85. The summed E-state index contributed by atoms with van der Waals surface area (Å²) in [6.45, 7) is 2.88. The van der Waals surface area contributed by atoms with Gasteiger partial charge in [0, 0.05) is 46.5 Å². The number of thiophene rings is 1. The lowest BCUT2D eigenvalue weighted by Crippen LogP contribution is -2.38. The molecule has 1 fully saturated rings. The highest BCUT2D eigenvalue weighted by atomic mass is 35.5. The second-order valence-corrected chi connectivity index (χ2v) is 11.6. The zero-order valence-corrected chi connectivity index (χ0v) is 22.2. The van der Waals surface area contributed by atoms with E-state index in [1.54, 1.807) is 23.1 Å². The van der Waals surface area contributed by atoms with E-state index >= 15 is 0 Å². The average Bonchev–Trinajstić information content (AvgIpc) is 3.29. The van der Waals surface area contributed by atoms with Crippen molar-refractivity contribution in [1.82, 2.24) is 14.5 Å². The number of thioether (sulfide) groups is 1. The van der Waals surface area contributed by atoms with Crippen LogP contribution in [0.15, 0.2) is 88.8 Å². The quantitative estimate of drug-likeness (QED) is 0.169. The van der Waals surface area contributed by atoms with Crippen molar-refractivity contribution in [3.05, 3.63) is 105 Å². The number of nitrogens with zero attached hydrogens (tertiary/aromatic N) is 3. The highest BCUT2D eigenvalue weighted by Crippen LogP contribution is 2.35. The molecule has 0 atom stereocenters. The van der Waals surface area contributed by atoms with Crippen molar-refractivity contribution in [2.24, 2.45) is 0 Å². The lowest BCUT2D eigenvalue weighted by molar-refractivity contribution is 0.173. The van der Waals surface area contributed by atoms with Gasteiger partial charge in [-0.15, -0.1) is 11.3 Å². The summed E-state index contributed by atoms with van der Waals surface area (Å²) < 4.78 is 3.85. The van der Waals surface area contributed by atoms with E-state index in [1.807, 2.05) is 41.0 Å². The third-order valence-electron chi connectivity index (χ3n) is 6.88. The van der Waals surface area contributed by atoms with E-state index in [1.165, 1.54) is 5.56 Å². The normalized spacial score (nSPS) is 15.1. The van der Waals surface area contributed by atoms with E-state index in [-0.39, 0.29) is 11.6 Å². The van der Waals surface area contributed by atoms with Crippen LogP contribution in [0.4, 0.5) is 0 Å². The van der Waals surface area contributed by atoms with Gasteiger partial charge in [0.15, 0.2) is 5.16 Å². The van der Waals surface area contributed by atoms with Gasteiger partial charge in [-0.1, -0.05) is 90.1 Å². The average molecular weight is 532 g/mol. The van der Waals surface area contributed by atoms with Gasteiger partial charge in [0.1, 0.15) is 4.70 Å². The van der Waals surface area contributed by atoms with Crippen LogP contribution in [0.3, 0.4) is 0 Å². The number of halogens is 1. The van der Waals surface area contributed by atoms with E-state index < -0.39 is 0 Å². The van der Waals surface area contributed by atoms with Crippen molar-refractivity contribution >= 4 is 55.0 Å². The largest absolute Gasteiger partial charge is 0.299 e. The van der Waals surface area contributed by atoms with Crippen LogP contribution in [-0.2, 0) is 12.3 Å². The molecular formula is C29H26ClN3OS2. The maximum atomic E-state index is 13.9. The molecule has 2 aromatic heterocycles. The molecule has 1 aliphatic rings. The Morgan fingerprint density at radius 2 is 1.67 bits per heavy atom. The van der Waals surface area contributed by atoms with Gasteiger partial charge in [-0.2, -0.15) is 0 Å². The lowest BCUT2D eigenvalue weighted by Gasteiger charge is -2.33. The minimum absolute atomic E-state index is 0.0874. The molecule has 6 rings (SSSR count). The first-order valence-corrected chi connectivity index (χ1v) is 14.4. The Hall–Kier alpha value is -2.64. The van der Waals surface area contributed by atoms with Crippen molar-refractivity contribution < 1.29 is 0 Å². The number of fused-ring (bicyclic) bond motifs is 3. The molecule has 0 bridgehead atoms. The maximum absolute atomic E-state index is 13.9. The summed E-state index contributed by atoms with van der Waals surface area (Å²) in [6, 6.07) is 26.8. The van der Waals surface area contributed by atoms with Crippen molar-refractivity contribution in [2.75, 3.05) is 13.1 Å². The van der Waals surface area contributed by atoms with Gasteiger partial charge in [-0.3, -0.25) is 14.3 Å². The molecule has 0 unspecified atom stereocenters. The standard InChI is InChI=1S/C29H26ClN3OS2/c30-24-12-6-4-10-21(24)19-35-29-31-26-23-11-5-7-13-25(23)36-27(26)28(34)33(29)22-14-16-32(17-15-22)18-20-8-2-1-3-9-20/h1-13,22H,14-19H2. The third kappa shape index (κ3) is 4.71. The van der Waals surface area contributed by atoms with Crippen LogP contribution in [0.1, 0.15) is 30.0 Å². The fourth-order valence-corrected chi connectivity index (χ4v) is 7.42. The molecule has 7 heteroatoms. The molecule has 36 heavy (non-hydrogen) atoms. The second-order valence-electron chi connectivity index (χ2n) is 9.22. The molecule has 1 aliphatic heterocycles. The number of hydrogen-bond donors (Lipinski definition) is 0. The highest BCUT2D eigenvalue weighted by Gasteiger charge is 2.26. The minimum atomic E-state index is 0.0874. The van der Waals surface area contributed by atoms with Crippen molar-refractivity contribution in [2.45, 2.75) is 36.3 Å². The number of aromatic nitrogens is 2. The van der Waals surface area contributed by atoms with Crippen LogP contribution >= 0.6 is 34.7 Å². The molecular weight excluding hydrogens is 506 g/mol. The summed E-state index contributed by atoms with van der Waals surface area (Å²) in [6.07, 6.45) is 1.87. The predicted molar refractivity (Wildman–Crippen MR) is 152 cm³/mol. The molecule has 0 N–H and O–H groups in total. The molecule has 0 amide bonds. The third-order valence-corrected chi connectivity index (χ3v) is 9.40. The molecule has 5 aromatic rings. The summed E-state index contributed by atoms with van der Waals surface area (Å²) in [5.41, 5.74) is 3.29. The SMILES string of the molecule is O=c1c2sc3ccccc3c2nc(SCc2ccccc2Cl)n1C1CCN(Cc2ccccc2)CC1. The van der Waals surface area contributed by atoms with E-state index in [4.69, 9.17) is 16.6 Å². The second kappa shape index (κ2) is 10.4. The van der Waals surface area contributed by atoms with Gasteiger partial charge < -0.3 is 0 Å². The molecule has 0 aliphatic carbocycles. The molecule has 0 radical (unpaired) electrons. The Morgan fingerprint density at radius 3 is 2.47 bits per heavy atom. The van der Waals surface area contributed by atoms with Crippen molar-refractivity contribution in [3.63, 3.8) is 0 Å². The van der Waals surface area contributed by atoms with Crippen LogP contribution in [0.2, 0.25) is 5.02 Å². The van der Waals surface area contributed by atoms with E-state index in [0.717, 1.165) is 68.5 Å². The lowest BCUT2D eigenvalue weighted by atomic mass is 10.0. The fourth-order valence-electron chi connectivity index (χ4n) is 4.99. The number of rotatable bonds is 6. The van der Waals surface area contributed by atoms with Gasteiger partial charge in [-0.05, 0) is 36.1 Å². The topological polar surface area (TPSA) is 38.1 Å². The van der Waals surface area contributed by atoms with Crippen LogP contribution in [-0.4, -0.2) is 27.5 Å². The monoisotopic (exact) mass is 531 g/mol. The first kappa shape index (κ1) is 23.7. The van der Waals surface area contributed by atoms with Crippen LogP contribution in [0, 0.1) is 0 Å². The summed E-state index contributed by atoms with van der Waals surface area (Å²) in [7, 11) is 0. The molecule has 0 spiro atoms. The first-order chi connectivity index (χ1) is 17.7. The molecule has 3 aromatic carbocycles. The van der Waals surface area contributed by atoms with Crippen molar-refractivity contribution in [3.8, 4) is 0 Å². The zero-order chi connectivity index (χ0) is 24.5. The van der Waals surface area contributed by atoms with Gasteiger partial charge in [0.05, 0.1) is 5.52 Å².